The van der Waals surface area contributed by atoms with Crippen LogP contribution in [0.4, 0.5) is 27.9 Å². The van der Waals surface area contributed by atoms with Crippen LogP contribution in [-0.2, 0) is 4.79 Å². The zero-order valence-electron chi connectivity index (χ0n) is 19.8. The molecular weight excluding hydrogens is 512 g/mol. The Morgan fingerprint density at radius 3 is 2.74 bits per heavy atom. The van der Waals surface area contributed by atoms with Gasteiger partial charge in [-0.3, -0.25) is 4.79 Å². The van der Waals surface area contributed by atoms with Crippen LogP contribution in [0.5, 0.6) is 0 Å². The number of benzene rings is 1. The van der Waals surface area contributed by atoms with Crippen molar-refractivity contribution < 1.29 is 9.59 Å². The molecule has 2 aliphatic rings. The molecule has 188 valence electrons. The number of hydrogen-bond donors (Lipinski definition) is 5. The van der Waals surface area contributed by atoms with Crippen molar-refractivity contribution >= 4 is 51.0 Å². The van der Waals surface area contributed by atoms with Crippen LogP contribution in [0.1, 0.15) is 38.5 Å². The Balaban J connectivity index is 1.25. The molecule has 3 heterocycles. The summed E-state index contributed by atoms with van der Waals surface area (Å²) in [4.78, 5) is 35.3. The second kappa shape index (κ2) is 12.7. The number of rotatable bonds is 9. The number of nitrogens with one attached hydrogen (secondary N) is 5. The third-order valence-electron chi connectivity index (χ3n) is 6.08. The standard InChI is InChI=1S/C24H33BrN8O2/c25-19-16-29-23(30-17-7-5-8-18(15-17)31-24(35)33-13-3-4-14-33)32-21(19)27-11-6-12-28-22(34)20-9-1-2-10-26-20/h5,7-8,15-16,20,26H,1-4,6,9-14H2,(H,28,34)(H,31,35)(H2,27,29,30,32). The quantitative estimate of drug-likeness (QED) is 0.305. The number of piperidine rings is 1. The average Bonchev–Trinajstić information content (AvgIpc) is 3.42. The second-order valence-electron chi connectivity index (χ2n) is 8.79. The maximum Gasteiger partial charge on any atom is 0.321 e. The number of likely N-dealkylation sites (tertiary alicyclic amines) is 1. The van der Waals surface area contributed by atoms with Crippen LogP contribution >= 0.6 is 15.9 Å². The summed E-state index contributed by atoms with van der Waals surface area (Å²) in [6.45, 7) is 3.78. The lowest BCUT2D eigenvalue weighted by atomic mass is 10.0. The highest BCUT2D eigenvalue weighted by atomic mass is 79.9. The van der Waals surface area contributed by atoms with E-state index in [1.807, 2.05) is 29.2 Å². The number of urea groups is 1. The largest absolute Gasteiger partial charge is 0.369 e. The molecule has 0 saturated carbocycles. The van der Waals surface area contributed by atoms with Gasteiger partial charge in [-0.05, 0) is 72.8 Å². The molecule has 4 rings (SSSR count). The van der Waals surface area contributed by atoms with Crippen LogP contribution in [0.2, 0.25) is 0 Å². The van der Waals surface area contributed by atoms with E-state index >= 15 is 0 Å². The van der Waals surface area contributed by atoms with Gasteiger partial charge in [0.1, 0.15) is 5.82 Å². The van der Waals surface area contributed by atoms with E-state index in [1.165, 1.54) is 0 Å². The van der Waals surface area contributed by atoms with Gasteiger partial charge in [0.25, 0.3) is 0 Å². The van der Waals surface area contributed by atoms with Crippen molar-refractivity contribution in [3.63, 3.8) is 0 Å². The van der Waals surface area contributed by atoms with Crippen LogP contribution in [0.15, 0.2) is 34.9 Å². The van der Waals surface area contributed by atoms with Gasteiger partial charge in [0.05, 0.1) is 10.5 Å². The normalized spacial score (nSPS) is 17.6. The molecule has 11 heteroatoms. The number of hydrogen-bond acceptors (Lipinski definition) is 7. The van der Waals surface area contributed by atoms with Gasteiger partial charge in [-0.2, -0.15) is 4.98 Å². The molecule has 1 aromatic heterocycles. The summed E-state index contributed by atoms with van der Waals surface area (Å²) in [5.74, 6) is 1.19. The Bertz CT molecular complexity index is 1010. The van der Waals surface area contributed by atoms with Crippen molar-refractivity contribution in [3.05, 3.63) is 34.9 Å². The molecule has 10 nitrogen and oxygen atoms in total. The van der Waals surface area contributed by atoms with E-state index < -0.39 is 0 Å². The molecule has 2 saturated heterocycles. The summed E-state index contributed by atoms with van der Waals surface area (Å²) in [6, 6.07) is 7.35. The van der Waals surface area contributed by atoms with Crippen LogP contribution < -0.4 is 26.6 Å². The fraction of sp³-hybridized carbons (Fsp3) is 0.500. The summed E-state index contributed by atoms with van der Waals surface area (Å²) < 4.78 is 0.755. The average molecular weight is 545 g/mol. The monoisotopic (exact) mass is 544 g/mol. The van der Waals surface area contributed by atoms with Crippen LogP contribution in [0.25, 0.3) is 0 Å². The number of carbonyl (C=O) groups excluding carboxylic acids is 2. The van der Waals surface area contributed by atoms with Crippen LogP contribution in [0, 0.1) is 0 Å². The minimum atomic E-state index is -0.0720. The van der Waals surface area contributed by atoms with Gasteiger partial charge in [0.2, 0.25) is 11.9 Å². The minimum Gasteiger partial charge on any atom is -0.369 e. The minimum absolute atomic E-state index is 0.0617. The lowest BCUT2D eigenvalue weighted by Gasteiger charge is -2.22. The zero-order chi connectivity index (χ0) is 24.5. The van der Waals surface area contributed by atoms with E-state index in [0.29, 0.717) is 30.5 Å². The van der Waals surface area contributed by atoms with Crippen molar-refractivity contribution in [2.45, 2.75) is 44.6 Å². The Morgan fingerprint density at radius 1 is 1.11 bits per heavy atom. The van der Waals surface area contributed by atoms with E-state index in [0.717, 1.165) is 68.3 Å². The predicted octanol–water partition coefficient (Wildman–Crippen LogP) is 3.67. The van der Waals surface area contributed by atoms with Gasteiger partial charge in [0.15, 0.2) is 0 Å². The molecule has 1 aromatic carbocycles. The van der Waals surface area contributed by atoms with Crippen molar-refractivity contribution in [1.82, 2.24) is 25.5 Å². The first kappa shape index (κ1) is 25.2. The molecular formula is C24H33BrN8O2. The first-order valence-corrected chi connectivity index (χ1v) is 13.1. The Labute approximate surface area is 214 Å². The molecule has 3 amide bonds. The van der Waals surface area contributed by atoms with Gasteiger partial charge >= 0.3 is 6.03 Å². The molecule has 0 spiro atoms. The number of nitrogens with zero attached hydrogens (tertiary/aromatic N) is 3. The first-order valence-electron chi connectivity index (χ1n) is 12.3. The van der Waals surface area contributed by atoms with Gasteiger partial charge in [0, 0.05) is 43.8 Å². The number of aromatic nitrogens is 2. The Morgan fingerprint density at radius 2 is 1.94 bits per heavy atom. The number of carbonyl (C=O) groups is 2. The van der Waals surface area contributed by atoms with Crippen molar-refractivity contribution in [3.8, 4) is 0 Å². The van der Waals surface area contributed by atoms with Gasteiger partial charge < -0.3 is 31.5 Å². The second-order valence-corrected chi connectivity index (χ2v) is 9.65. The van der Waals surface area contributed by atoms with Gasteiger partial charge in [-0.25, -0.2) is 9.78 Å². The topological polar surface area (TPSA) is 123 Å². The molecule has 2 aromatic rings. The van der Waals surface area contributed by atoms with E-state index in [4.69, 9.17) is 0 Å². The smallest absolute Gasteiger partial charge is 0.321 e. The van der Waals surface area contributed by atoms with E-state index in [2.05, 4.69) is 52.5 Å². The fourth-order valence-corrected chi connectivity index (χ4v) is 4.51. The third kappa shape index (κ3) is 7.53. The maximum absolute atomic E-state index is 12.4. The summed E-state index contributed by atoms with van der Waals surface area (Å²) in [7, 11) is 0. The highest BCUT2D eigenvalue weighted by Crippen LogP contribution is 2.23. The summed E-state index contributed by atoms with van der Waals surface area (Å²) in [5, 5.41) is 15.7. The van der Waals surface area contributed by atoms with Gasteiger partial charge in [-0.15, -0.1) is 0 Å². The third-order valence-corrected chi connectivity index (χ3v) is 6.66. The molecule has 35 heavy (non-hydrogen) atoms. The molecule has 0 aliphatic carbocycles. The number of anilines is 4. The molecule has 1 unspecified atom stereocenters. The van der Waals surface area contributed by atoms with Crippen LogP contribution in [0.3, 0.4) is 0 Å². The summed E-state index contributed by atoms with van der Waals surface area (Å²) >= 11 is 3.49. The predicted molar refractivity (Wildman–Crippen MR) is 141 cm³/mol. The number of halogens is 1. The molecule has 2 aliphatic heterocycles. The van der Waals surface area contributed by atoms with E-state index in [-0.39, 0.29) is 18.0 Å². The molecule has 1 atom stereocenters. The highest BCUT2D eigenvalue weighted by molar-refractivity contribution is 9.10. The zero-order valence-corrected chi connectivity index (χ0v) is 21.4. The van der Waals surface area contributed by atoms with Crippen molar-refractivity contribution in [2.24, 2.45) is 0 Å². The highest BCUT2D eigenvalue weighted by Gasteiger charge is 2.20. The van der Waals surface area contributed by atoms with Crippen LogP contribution in [-0.4, -0.2) is 65.6 Å². The van der Waals surface area contributed by atoms with Gasteiger partial charge in [-0.1, -0.05) is 12.5 Å². The maximum atomic E-state index is 12.4. The van der Waals surface area contributed by atoms with Crippen molar-refractivity contribution in [2.75, 3.05) is 48.7 Å². The SMILES string of the molecule is O=C(NCCCNc1nc(Nc2cccc(NC(=O)N3CCCC3)c2)ncc1Br)C1CCCCN1. The lowest BCUT2D eigenvalue weighted by Crippen LogP contribution is -2.46. The fourth-order valence-electron chi connectivity index (χ4n) is 4.18. The number of amides is 3. The molecule has 2 fully saturated rings. The lowest BCUT2D eigenvalue weighted by molar-refractivity contribution is -0.123. The van der Waals surface area contributed by atoms with E-state index in [1.54, 1.807) is 6.20 Å². The van der Waals surface area contributed by atoms with E-state index in [9.17, 15) is 9.59 Å². The van der Waals surface area contributed by atoms with Crippen molar-refractivity contribution in [1.29, 1.82) is 0 Å². The Hall–Kier alpha value is -2.92. The molecule has 5 N–H and O–H groups in total. The molecule has 0 bridgehead atoms. The Kier molecular flexibility index (Phi) is 9.13. The first-order chi connectivity index (χ1) is 17.1. The molecule has 0 radical (unpaired) electrons. The summed E-state index contributed by atoms with van der Waals surface area (Å²) in [6.07, 6.45) is 7.71. The summed E-state index contributed by atoms with van der Waals surface area (Å²) in [5.41, 5.74) is 1.49.